The van der Waals surface area contributed by atoms with Gasteiger partial charge < -0.3 is 9.47 Å². The van der Waals surface area contributed by atoms with E-state index in [0.717, 1.165) is 12.8 Å². The third-order valence-electron chi connectivity index (χ3n) is 5.66. The summed E-state index contributed by atoms with van der Waals surface area (Å²) in [4.78, 5) is 26.8. The Hall–Kier alpha value is -1.36. The first-order valence-electron chi connectivity index (χ1n) is 12.4. The van der Waals surface area contributed by atoms with E-state index in [9.17, 15) is 9.59 Å². The molecule has 0 aromatic carbocycles. The highest BCUT2D eigenvalue weighted by atomic mass is 16.6. The molecule has 1 unspecified atom stereocenters. The smallest absolute Gasteiger partial charge is 0.413 e. The molecule has 0 aromatic rings. The van der Waals surface area contributed by atoms with Gasteiger partial charge in [-0.2, -0.15) is 0 Å². The molecule has 0 aliphatic carbocycles. The molecule has 0 saturated carbocycles. The zero-order valence-corrected chi connectivity index (χ0v) is 21.0. The molecule has 0 spiro atoms. The van der Waals surface area contributed by atoms with Crippen LogP contribution < -0.4 is 0 Å². The van der Waals surface area contributed by atoms with Crippen molar-refractivity contribution in [3.05, 3.63) is 12.2 Å². The Labute approximate surface area is 190 Å². The highest BCUT2D eigenvalue weighted by molar-refractivity contribution is 5.96. The average Bonchev–Trinajstić information content (AvgIpc) is 2.99. The number of allylic oxidation sites excluding steroid dienone is 1. The molecule has 0 aromatic heterocycles. The summed E-state index contributed by atoms with van der Waals surface area (Å²) >= 11 is 0. The van der Waals surface area contributed by atoms with Crippen molar-refractivity contribution >= 4 is 11.9 Å². The van der Waals surface area contributed by atoms with Crippen LogP contribution in [0.1, 0.15) is 119 Å². The Morgan fingerprint density at radius 3 is 2.00 bits per heavy atom. The van der Waals surface area contributed by atoms with Crippen molar-refractivity contribution < 1.29 is 19.1 Å². The standard InChI is InChI=1S/C26H47NO4/c1-7-8-9-10-11-12-13-14-15-16-17-18-19-20-23(28)22-21-30-26(5,6)27(22)24(29)31-25(2,3)4/h19-20,22H,7-18,21H2,1-6H3/b20-19+. The molecule has 1 rings (SSSR count). The fraction of sp³-hybridized carbons (Fsp3) is 0.846. The molecule has 1 aliphatic rings. The van der Waals surface area contributed by atoms with Gasteiger partial charge in [0.15, 0.2) is 5.78 Å². The molecule has 0 bridgehead atoms. The van der Waals surface area contributed by atoms with Crippen LogP contribution in [0.25, 0.3) is 0 Å². The number of ketones is 1. The van der Waals surface area contributed by atoms with Gasteiger partial charge in [0.25, 0.3) is 0 Å². The van der Waals surface area contributed by atoms with Gasteiger partial charge in [-0.15, -0.1) is 0 Å². The number of rotatable bonds is 14. The second kappa shape index (κ2) is 13.9. The highest BCUT2D eigenvalue weighted by Crippen LogP contribution is 2.30. The Bertz CT molecular complexity index is 562. The first-order chi connectivity index (χ1) is 14.6. The van der Waals surface area contributed by atoms with E-state index in [1.807, 2.05) is 26.8 Å². The molecule has 5 heteroatoms. The van der Waals surface area contributed by atoms with Crippen LogP contribution in [0.4, 0.5) is 4.79 Å². The van der Waals surface area contributed by atoms with Crippen molar-refractivity contribution in [2.24, 2.45) is 0 Å². The van der Waals surface area contributed by atoms with Crippen molar-refractivity contribution in [3.8, 4) is 0 Å². The van der Waals surface area contributed by atoms with Gasteiger partial charge in [-0.25, -0.2) is 4.79 Å². The zero-order chi connectivity index (χ0) is 23.3. The number of hydrogen-bond donors (Lipinski definition) is 0. The van der Waals surface area contributed by atoms with Gasteiger partial charge in [0.2, 0.25) is 0 Å². The summed E-state index contributed by atoms with van der Waals surface area (Å²) < 4.78 is 11.2. The van der Waals surface area contributed by atoms with Gasteiger partial charge in [-0.3, -0.25) is 9.69 Å². The average molecular weight is 438 g/mol. The molecular weight excluding hydrogens is 390 g/mol. The lowest BCUT2D eigenvalue weighted by Crippen LogP contribution is -2.51. The van der Waals surface area contributed by atoms with E-state index in [1.54, 1.807) is 19.9 Å². The molecule has 1 saturated heterocycles. The minimum Gasteiger partial charge on any atom is -0.444 e. The molecule has 1 aliphatic heterocycles. The van der Waals surface area contributed by atoms with Crippen molar-refractivity contribution in [1.82, 2.24) is 4.90 Å². The molecule has 180 valence electrons. The maximum absolute atomic E-state index is 12.7. The lowest BCUT2D eigenvalue weighted by Gasteiger charge is -2.34. The summed E-state index contributed by atoms with van der Waals surface area (Å²) in [5.41, 5.74) is -1.47. The molecule has 5 nitrogen and oxygen atoms in total. The van der Waals surface area contributed by atoms with Crippen molar-refractivity contribution in [2.75, 3.05) is 6.61 Å². The predicted molar refractivity (Wildman–Crippen MR) is 127 cm³/mol. The van der Waals surface area contributed by atoms with Crippen LogP contribution in [0.15, 0.2) is 12.2 Å². The number of hydrogen-bond acceptors (Lipinski definition) is 4. The fourth-order valence-corrected chi connectivity index (χ4v) is 3.91. The third-order valence-corrected chi connectivity index (χ3v) is 5.66. The van der Waals surface area contributed by atoms with Crippen molar-refractivity contribution in [3.63, 3.8) is 0 Å². The molecular formula is C26H47NO4. The lowest BCUT2D eigenvalue weighted by molar-refractivity contribution is -0.120. The van der Waals surface area contributed by atoms with E-state index in [1.165, 1.54) is 69.1 Å². The number of nitrogens with zero attached hydrogens (tertiary/aromatic N) is 1. The van der Waals surface area contributed by atoms with E-state index >= 15 is 0 Å². The van der Waals surface area contributed by atoms with Crippen LogP contribution in [-0.4, -0.2) is 40.8 Å². The van der Waals surface area contributed by atoms with Gasteiger partial charge >= 0.3 is 6.09 Å². The first-order valence-corrected chi connectivity index (χ1v) is 12.4. The number of amides is 1. The van der Waals surface area contributed by atoms with E-state index in [2.05, 4.69) is 6.92 Å². The van der Waals surface area contributed by atoms with Gasteiger partial charge in [0, 0.05) is 0 Å². The van der Waals surface area contributed by atoms with Gasteiger partial charge in [-0.05, 0) is 53.5 Å². The quantitative estimate of drug-likeness (QED) is 0.213. The number of unbranched alkanes of at least 4 members (excludes halogenated alkanes) is 11. The Balaban J connectivity index is 2.27. The molecule has 1 atom stereocenters. The van der Waals surface area contributed by atoms with Gasteiger partial charge in [-0.1, -0.05) is 77.2 Å². The summed E-state index contributed by atoms with van der Waals surface area (Å²) in [6.07, 6.45) is 18.4. The summed E-state index contributed by atoms with van der Waals surface area (Å²) in [6.45, 7) is 11.5. The van der Waals surface area contributed by atoms with Crippen LogP contribution >= 0.6 is 0 Å². The Morgan fingerprint density at radius 2 is 1.48 bits per heavy atom. The SMILES string of the molecule is CCCCCCCCCCCCC/C=C/C(=O)C1COC(C)(C)N1C(=O)OC(C)(C)C. The fourth-order valence-electron chi connectivity index (χ4n) is 3.91. The predicted octanol–water partition coefficient (Wildman–Crippen LogP) is 7.18. The van der Waals surface area contributed by atoms with Crippen LogP contribution in [0.3, 0.4) is 0 Å². The molecule has 1 heterocycles. The summed E-state index contributed by atoms with van der Waals surface area (Å²) in [5, 5.41) is 0. The molecule has 31 heavy (non-hydrogen) atoms. The second-order valence-electron chi connectivity index (χ2n) is 10.3. The van der Waals surface area contributed by atoms with E-state index < -0.39 is 23.5 Å². The number of carbonyl (C=O) groups is 2. The maximum atomic E-state index is 12.7. The first kappa shape index (κ1) is 27.7. The van der Waals surface area contributed by atoms with Gasteiger partial charge in [0.1, 0.15) is 17.4 Å². The monoisotopic (exact) mass is 437 g/mol. The zero-order valence-electron chi connectivity index (χ0n) is 21.0. The van der Waals surface area contributed by atoms with Crippen LogP contribution in [0, 0.1) is 0 Å². The number of carbonyl (C=O) groups excluding carboxylic acids is 2. The van der Waals surface area contributed by atoms with Crippen molar-refractivity contribution in [1.29, 1.82) is 0 Å². The second-order valence-corrected chi connectivity index (χ2v) is 10.3. The normalized spacial score (nSPS) is 18.6. The summed E-state index contributed by atoms with van der Waals surface area (Å²) in [5.74, 6) is -0.0977. The topological polar surface area (TPSA) is 55.8 Å². The van der Waals surface area contributed by atoms with Crippen LogP contribution in [-0.2, 0) is 14.3 Å². The van der Waals surface area contributed by atoms with Gasteiger partial charge in [0.05, 0.1) is 6.61 Å². The maximum Gasteiger partial charge on any atom is 0.413 e. The van der Waals surface area contributed by atoms with Crippen molar-refractivity contribution in [2.45, 2.75) is 136 Å². The molecule has 0 N–H and O–H groups in total. The van der Waals surface area contributed by atoms with Crippen LogP contribution in [0.2, 0.25) is 0 Å². The molecule has 1 fully saturated rings. The summed E-state index contributed by atoms with van der Waals surface area (Å²) in [7, 11) is 0. The van der Waals surface area contributed by atoms with Crippen LogP contribution in [0.5, 0.6) is 0 Å². The summed E-state index contributed by atoms with van der Waals surface area (Å²) in [6, 6.07) is -0.626. The minimum absolute atomic E-state index is 0.0977. The molecule has 0 radical (unpaired) electrons. The minimum atomic E-state index is -0.855. The molecule has 1 amide bonds. The van der Waals surface area contributed by atoms with E-state index in [4.69, 9.17) is 9.47 Å². The highest BCUT2D eigenvalue weighted by Gasteiger charge is 2.48. The number of ether oxygens (including phenoxy) is 2. The Kier molecular flexibility index (Phi) is 12.4. The lowest BCUT2D eigenvalue weighted by atomic mass is 10.0. The van der Waals surface area contributed by atoms with E-state index in [-0.39, 0.29) is 12.4 Å². The third kappa shape index (κ3) is 11.2. The Morgan fingerprint density at radius 1 is 0.968 bits per heavy atom. The van der Waals surface area contributed by atoms with E-state index in [0.29, 0.717) is 0 Å². The largest absolute Gasteiger partial charge is 0.444 e.